The van der Waals surface area contributed by atoms with Crippen LogP contribution in [0, 0.1) is 11.7 Å². The first kappa shape index (κ1) is 16.2. The van der Waals surface area contributed by atoms with Gasteiger partial charge in [0.2, 0.25) is 0 Å². The molecule has 0 aromatic heterocycles. The monoisotopic (exact) mass is 333 g/mol. The minimum absolute atomic E-state index is 0.192. The molecule has 4 nitrogen and oxygen atoms in total. The highest BCUT2D eigenvalue weighted by molar-refractivity contribution is 8.13. The van der Waals surface area contributed by atoms with Crippen LogP contribution in [0.1, 0.15) is 36.5 Å². The van der Waals surface area contributed by atoms with E-state index < -0.39 is 20.8 Å². The Kier molecular flexibility index (Phi) is 4.88. The van der Waals surface area contributed by atoms with E-state index in [2.05, 4.69) is 6.92 Å². The third-order valence-electron chi connectivity index (χ3n) is 3.70. The number of likely N-dealkylation sites (tertiary alicyclic amines) is 1. The maximum atomic E-state index is 13.4. The minimum atomic E-state index is -4.09. The molecular formula is C14H17ClFNO3S. The van der Waals surface area contributed by atoms with Crippen molar-refractivity contribution in [2.75, 3.05) is 13.1 Å². The van der Waals surface area contributed by atoms with Crippen LogP contribution in [0.3, 0.4) is 0 Å². The third-order valence-corrected chi connectivity index (χ3v) is 5.08. The van der Waals surface area contributed by atoms with E-state index in [-0.39, 0.29) is 10.5 Å². The summed E-state index contributed by atoms with van der Waals surface area (Å²) >= 11 is 0. The van der Waals surface area contributed by atoms with Crippen molar-refractivity contribution in [3.63, 3.8) is 0 Å². The van der Waals surface area contributed by atoms with E-state index in [1.54, 1.807) is 4.90 Å². The first-order chi connectivity index (χ1) is 9.82. The van der Waals surface area contributed by atoms with Crippen molar-refractivity contribution in [3.8, 4) is 0 Å². The van der Waals surface area contributed by atoms with Crippen molar-refractivity contribution in [1.29, 1.82) is 0 Å². The van der Waals surface area contributed by atoms with Crippen molar-refractivity contribution < 1.29 is 17.6 Å². The lowest BCUT2D eigenvalue weighted by Crippen LogP contribution is -2.29. The number of halogens is 2. The third kappa shape index (κ3) is 3.74. The maximum Gasteiger partial charge on any atom is 0.262 e. The van der Waals surface area contributed by atoms with Gasteiger partial charge >= 0.3 is 0 Å². The van der Waals surface area contributed by atoms with Crippen LogP contribution in [-0.2, 0) is 9.05 Å². The molecule has 1 aromatic carbocycles. The van der Waals surface area contributed by atoms with Gasteiger partial charge in [-0.2, -0.15) is 0 Å². The second-order valence-corrected chi connectivity index (χ2v) is 7.81. The fourth-order valence-corrected chi connectivity index (χ4v) is 3.76. The van der Waals surface area contributed by atoms with E-state index in [1.807, 2.05) is 0 Å². The van der Waals surface area contributed by atoms with Crippen molar-refractivity contribution in [2.24, 2.45) is 5.92 Å². The summed E-state index contributed by atoms with van der Waals surface area (Å²) in [5, 5.41) is 0. The van der Waals surface area contributed by atoms with Crippen LogP contribution in [0.2, 0.25) is 0 Å². The highest BCUT2D eigenvalue weighted by Crippen LogP contribution is 2.26. The Morgan fingerprint density at radius 1 is 1.48 bits per heavy atom. The summed E-state index contributed by atoms with van der Waals surface area (Å²) in [4.78, 5) is 13.7. The zero-order valence-corrected chi connectivity index (χ0v) is 13.3. The molecule has 1 fully saturated rings. The predicted molar refractivity (Wildman–Crippen MR) is 78.4 cm³/mol. The molecule has 1 aliphatic rings. The highest BCUT2D eigenvalue weighted by Gasteiger charge is 2.30. The number of hydrogen-bond donors (Lipinski definition) is 0. The van der Waals surface area contributed by atoms with E-state index in [1.165, 1.54) is 0 Å². The number of benzene rings is 1. The maximum absolute atomic E-state index is 13.4. The number of carbonyl (C=O) groups is 1. The standard InChI is InChI=1S/C14H17ClFNO3S/c1-2-3-10-6-7-17(9-10)14(18)12-8-11(16)4-5-13(12)21(15,19)20/h4-5,8,10H,2-3,6-7,9H2,1H3. The topological polar surface area (TPSA) is 54.5 Å². The Bertz CT molecular complexity index is 648. The molecule has 0 radical (unpaired) electrons. The van der Waals surface area contributed by atoms with Crippen molar-refractivity contribution >= 4 is 25.6 Å². The first-order valence-corrected chi connectivity index (χ1v) is 9.17. The van der Waals surface area contributed by atoms with Crippen molar-refractivity contribution in [2.45, 2.75) is 31.1 Å². The lowest BCUT2D eigenvalue weighted by Gasteiger charge is -2.18. The lowest BCUT2D eigenvalue weighted by atomic mass is 10.0. The largest absolute Gasteiger partial charge is 0.338 e. The van der Waals surface area contributed by atoms with Gasteiger partial charge in [-0.1, -0.05) is 13.3 Å². The van der Waals surface area contributed by atoms with E-state index >= 15 is 0 Å². The SMILES string of the molecule is CCCC1CCN(C(=O)c2cc(F)ccc2S(=O)(=O)Cl)C1. The zero-order chi connectivity index (χ0) is 15.6. The van der Waals surface area contributed by atoms with Gasteiger partial charge in [-0.05, 0) is 37.0 Å². The fourth-order valence-electron chi connectivity index (χ4n) is 2.71. The van der Waals surface area contributed by atoms with Crippen LogP contribution in [0.4, 0.5) is 4.39 Å². The molecule has 0 N–H and O–H groups in total. The fraction of sp³-hybridized carbons (Fsp3) is 0.500. The zero-order valence-electron chi connectivity index (χ0n) is 11.7. The molecule has 1 heterocycles. The summed E-state index contributed by atoms with van der Waals surface area (Å²) in [6.07, 6.45) is 2.94. The molecule has 0 aliphatic carbocycles. The molecule has 0 bridgehead atoms. The second-order valence-electron chi connectivity index (χ2n) is 5.27. The summed E-state index contributed by atoms with van der Waals surface area (Å²) in [5.74, 6) is -0.720. The van der Waals surface area contributed by atoms with Crippen LogP contribution < -0.4 is 0 Å². The van der Waals surface area contributed by atoms with Gasteiger partial charge in [-0.25, -0.2) is 12.8 Å². The Balaban J connectivity index is 2.30. The van der Waals surface area contributed by atoms with Crippen LogP contribution in [0.5, 0.6) is 0 Å². The average molecular weight is 334 g/mol. The van der Waals surface area contributed by atoms with Crippen LogP contribution in [0.25, 0.3) is 0 Å². The Morgan fingerprint density at radius 3 is 2.81 bits per heavy atom. The van der Waals surface area contributed by atoms with E-state index in [9.17, 15) is 17.6 Å². The number of rotatable bonds is 4. The number of amides is 1. The van der Waals surface area contributed by atoms with E-state index in [4.69, 9.17) is 10.7 Å². The van der Waals surface area contributed by atoms with Gasteiger partial charge < -0.3 is 4.90 Å². The predicted octanol–water partition coefficient (Wildman–Crippen LogP) is 3.02. The van der Waals surface area contributed by atoms with Gasteiger partial charge in [0.25, 0.3) is 15.0 Å². The minimum Gasteiger partial charge on any atom is -0.338 e. The quantitative estimate of drug-likeness (QED) is 0.796. The second kappa shape index (κ2) is 6.32. The van der Waals surface area contributed by atoms with Gasteiger partial charge in [-0.15, -0.1) is 0 Å². The summed E-state index contributed by atoms with van der Waals surface area (Å²) in [7, 11) is 1.23. The lowest BCUT2D eigenvalue weighted by molar-refractivity contribution is 0.0782. The molecule has 116 valence electrons. The average Bonchev–Trinajstić information content (AvgIpc) is 2.85. The van der Waals surface area contributed by atoms with Crippen LogP contribution >= 0.6 is 10.7 Å². The highest BCUT2D eigenvalue weighted by atomic mass is 35.7. The van der Waals surface area contributed by atoms with Crippen LogP contribution in [-0.4, -0.2) is 32.3 Å². The molecule has 1 aromatic rings. The number of carbonyl (C=O) groups excluding carboxylic acids is 1. The van der Waals surface area contributed by atoms with Gasteiger partial charge in [0.05, 0.1) is 10.5 Å². The summed E-state index contributed by atoms with van der Waals surface area (Å²) in [5.41, 5.74) is -0.192. The molecule has 1 saturated heterocycles. The summed E-state index contributed by atoms with van der Waals surface area (Å²) in [6.45, 7) is 3.21. The normalized spacial score (nSPS) is 19.0. The molecule has 1 unspecified atom stereocenters. The molecule has 1 aliphatic heterocycles. The Labute approximate surface area is 128 Å². The molecule has 21 heavy (non-hydrogen) atoms. The van der Waals surface area contributed by atoms with E-state index in [0.717, 1.165) is 37.5 Å². The smallest absolute Gasteiger partial charge is 0.262 e. The first-order valence-electron chi connectivity index (χ1n) is 6.86. The Morgan fingerprint density at radius 2 is 2.19 bits per heavy atom. The molecule has 2 rings (SSSR count). The van der Waals surface area contributed by atoms with Gasteiger partial charge in [0.1, 0.15) is 5.82 Å². The number of nitrogens with zero attached hydrogens (tertiary/aromatic N) is 1. The summed E-state index contributed by atoms with van der Waals surface area (Å²) in [6, 6.07) is 2.95. The Hall–Kier alpha value is -1.14. The van der Waals surface area contributed by atoms with Gasteiger partial charge in [0, 0.05) is 23.8 Å². The van der Waals surface area contributed by atoms with Gasteiger partial charge in [0.15, 0.2) is 0 Å². The summed E-state index contributed by atoms with van der Waals surface area (Å²) < 4.78 is 36.4. The molecule has 1 atom stereocenters. The van der Waals surface area contributed by atoms with Gasteiger partial charge in [-0.3, -0.25) is 4.79 Å². The van der Waals surface area contributed by atoms with E-state index in [0.29, 0.717) is 19.0 Å². The molecular weight excluding hydrogens is 317 g/mol. The van der Waals surface area contributed by atoms with Crippen molar-refractivity contribution in [1.82, 2.24) is 4.90 Å². The molecule has 1 amide bonds. The number of hydrogen-bond acceptors (Lipinski definition) is 3. The molecule has 0 saturated carbocycles. The van der Waals surface area contributed by atoms with Crippen LogP contribution in [0.15, 0.2) is 23.1 Å². The molecule has 7 heteroatoms. The molecule has 0 spiro atoms. The van der Waals surface area contributed by atoms with Crippen molar-refractivity contribution in [3.05, 3.63) is 29.6 Å².